The molecule has 2 N–H and O–H groups in total. The predicted octanol–water partition coefficient (Wildman–Crippen LogP) is 1.71. The lowest BCUT2D eigenvalue weighted by Gasteiger charge is -2.27. The van der Waals surface area contributed by atoms with Gasteiger partial charge in [-0.3, -0.25) is 4.79 Å². The highest BCUT2D eigenvalue weighted by atomic mass is 35.5. The predicted molar refractivity (Wildman–Crippen MR) is 71.3 cm³/mol. The Hall–Kier alpha value is -0.970. The molecule has 0 atom stereocenters. The van der Waals surface area contributed by atoms with Crippen molar-refractivity contribution in [3.05, 3.63) is 28.2 Å². The standard InChI is InChI=1S/C12H14Cl2N2O2/c13-9-2-1-3-10(14)12(9)18-7-11(17)16-6-8-4-15-5-8/h1-3,8,15H,4-7H2,(H,16,17). The molecular weight excluding hydrogens is 275 g/mol. The molecule has 0 bridgehead atoms. The molecule has 6 heteroatoms. The van der Waals surface area contributed by atoms with Gasteiger partial charge in [-0.25, -0.2) is 0 Å². The van der Waals surface area contributed by atoms with Gasteiger partial charge in [0.2, 0.25) is 0 Å². The Kier molecular flexibility index (Phi) is 4.69. The number of halogens is 2. The third-order valence-corrected chi connectivity index (χ3v) is 3.32. The van der Waals surface area contributed by atoms with E-state index < -0.39 is 0 Å². The summed E-state index contributed by atoms with van der Waals surface area (Å²) in [6.07, 6.45) is 0. The molecule has 1 aliphatic rings. The van der Waals surface area contributed by atoms with Gasteiger partial charge in [0.15, 0.2) is 12.4 Å². The van der Waals surface area contributed by atoms with E-state index >= 15 is 0 Å². The summed E-state index contributed by atoms with van der Waals surface area (Å²) < 4.78 is 5.32. The van der Waals surface area contributed by atoms with E-state index in [0.717, 1.165) is 13.1 Å². The van der Waals surface area contributed by atoms with Crippen LogP contribution in [-0.4, -0.2) is 32.1 Å². The van der Waals surface area contributed by atoms with Crippen molar-refractivity contribution < 1.29 is 9.53 Å². The molecule has 1 heterocycles. The minimum atomic E-state index is -0.169. The van der Waals surface area contributed by atoms with Crippen LogP contribution < -0.4 is 15.4 Å². The monoisotopic (exact) mass is 288 g/mol. The number of ether oxygens (including phenoxy) is 1. The van der Waals surface area contributed by atoms with Crippen LogP contribution in [0.2, 0.25) is 10.0 Å². The highest BCUT2D eigenvalue weighted by molar-refractivity contribution is 6.37. The smallest absolute Gasteiger partial charge is 0.257 e. The van der Waals surface area contributed by atoms with E-state index in [1.807, 2.05) is 0 Å². The van der Waals surface area contributed by atoms with Gasteiger partial charge >= 0.3 is 0 Å². The average molecular weight is 289 g/mol. The second-order valence-corrected chi connectivity index (χ2v) is 4.98. The first-order valence-electron chi connectivity index (χ1n) is 5.71. The average Bonchev–Trinajstić information content (AvgIpc) is 2.26. The molecule has 0 aliphatic carbocycles. The third kappa shape index (κ3) is 3.51. The van der Waals surface area contributed by atoms with Crippen LogP contribution in [-0.2, 0) is 4.79 Å². The summed E-state index contributed by atoms with van der Waals surface area (Å²) >= 11 is 11.8. The maximum atomic E-state index is 11.5. The lowest BCUT2D eigenvalue weighted by atomic mass is 10.0. The molecule has 0 spiro atoms. The van der Waals surface area contributed by atoms with Gasteiger partial charge in [-0.15, -0.1) is 0 Å². The van der Waals surface area contributed by atoms with E-state index in [0.29, 0.717) is 28.3 Å². The van der Waals surface area contributed by atoms with Gasteiger partial charge in [-0.2, -0.15) is 0 Å². The molecule has 4 nitrogen and oxygen atoms in total. The minimum absolute atomic E-state index is 0.0798. The van der Waals surface area contributed by atoms with Crippen molar-refractivity contribution in [3.63, 3.8) is 0 Å². The van der Waals surface area contributed by atoms with Crippen molar-refractivity contribution in [1.82, 2.24) is 10.6 Å². The van der Waals surface area contributed by atoms with Crippen LogP contribution in [0.4, 0.5) is 0 Å². The van der Waals surface area contributed by atoms with Gasteiger partial charge in [-0.05, 0) is 12.1 Å². The van der Waals surface area contributed by atoms with Crippen LogP contribution in [0.25, 0.3) is 0 Å². The van der Waals surface area contributed by atoms with E-state index in [9.17, 15) is 4.79 Å². The van der Waals surface area contributed by atoms with Crippen molar-refractivity contribution in [2.45, 2.75) is 0 Å². The largest absolute Gasteiger partial charge is 0.481 e. The summed E-state index contributed by atoms with van der Waals surface area (Å²) in [4.78, 5) is 11.5. The van der Waals surface area contributed by atoms with E-state index in [4.69, 9.17) is 27.9 Å². The van der Waals surface area contributed by atoms with Gasteiger partial charge in [0.05, 0.1) is 10.0 Å². The Labute approximate surface area is 116 Å². The minimum Gasteiger partial charge on any atom is -0.481 e. The first-order valence-corrected chi connectivity index (χ1v) is 6.46. The van der Waals surface area contributed by atoms with Crippen LogP contribution in [0.15, 0.2) is 18.2 Å². The molecule has 0 saturated carbocycles. The van der Waals surface area contributed by atoms with Crippen LogP contribution in [0, 0.1) is 5.92 Å². The summed E-state index contributed by atoms with van der Waals surface area (Å²) in [6.45, 7) is 2.50. The van der Waals surface area contributed by atoms with Gasteiger partial charge in [-0.1, -0.05) is 29.3 Å². The Bertz CT molecular complexity index is 416. The molecule has 1 amide bonds. The Morgan fingerprint density at radius 3 is 2.61 bits per heavy atom. The van der Waals surface area contributed by atoms with E-state index in [-0.39, 0.29) is 12.5 Å². The number of hydrogen-bond acceptors (Lipinski definition) is 3. The summed E-state index contributed by atoms with van der Waals surface area (Å²) in [5.74, 6) is 0.706. The number of nitrogens with one attached hydrogen (secondary N) is 2. The topological polar surface area (TPSA) is 50.4 Å². The molecule has 1 aliphatic heterocycles. The molecular formula is C12H14Cl2N2O2. The zero-order valence-electron chi connectivity index (χ0n) is 9.71. The SMILES string of the molecule is O=C(COc1c(Cl)cccc1Cl)NCC1CNC1. The Morgan fingerprint density at radius 1 is 1.39 bits per heavy atom. The molecule has 98 valence electrons. The summed E-state index contributed by atoms with van der Waals surface area (Å²) in [6, 6.07) is 5.06. The van der Waals surface area contributed by atoms with Crippen molar-refractivity contribution in [2.24, 2.45) is 5.92 Å². The summed E-state index contributed by atoms with van der Waals surface area (Å²) in [5.41, 5.74) is 0. The highest BCUT2D eigenvalue weighted by Gasteiger charge is 2.17. The zero-order valence-corrected chi connectivity index (χ0v) is 11.2. The molecule has 1 aromatic rings. The van der Waals surface area contributed by atoms with Crippen molar-refractivity contribution in [3.8, 4) is 5.75 Å². The van der Waals surface area contributed by atoms with Gasteiger partial charge < -0.3 is 15.4 Å². The second kappa shape index (κ2) is 6.27. The lowest BCUT2D eigenvalue weighted by molar-refractivity contribution is -0.123. The lowest BCUT2D eigenvalue weighted by Crippen LogP contribution is -2.48. The fraction of sp³-hybridized carbons (Fsp3) is 0.417. The first kappa shape index (κ1) is 13.5. The van der Waals surface area contributed by atoms with E-state index in [1.54, 1.807) is 18.2 Å². The van der Waals surface area contributed by atoms with Gasteiger partial charge in [0, 0.05) is 25.6 Å². The van der Waals surface area contributed by atoms with Crippen molar-refractivity contribution >= 4 is 29.1 Å². The fourth-order valence-corrected chi connectivity index (χ4v) is 2.07. The number of benzene rings is 1. The second-order valence-electron chi connectivity index (χ2n) is 4.17. The number of para-hydroxylation sites is 1. The molecule has 0 radical (unpaired) electrons. The maximum absolute atomic E-state index is 11.5. The van der Waals surface area contributed by atoms with Gasteiger partial charge in [0.25, 0.3) is 5.91 Å². The highest BCUT2D eigenvalue weighted by Crippen LogP contribution is 2.32. The molecule has 0 unspecified atom stereocenters. The Morgan fingerprint density at radius 2 is 2.06 bits per heavy atom. The molecule has 18 heavy (non-hydrogen) atoms. The number of amides is 1. The van der Waals surface area contributed by atoms with E-state index in [1.165, 1.54) is 0 Å². The zero-order chi connectivity index (χ0) is 13.0. The van der Waals surface area contributed by atoms with Crippen LogP contribution in [0.5, 0.6) is 5.75 Å². The first-order chi connectivity index (χ1) is 8.66. The summed E-state index contributed by atoms with van der Waals surface area (Å²) in [7, 11) is 0. The van der Waals surface area contributed by atoms with Crippen molar-refractivity contribution in [1.29, 1.82) is 0 Å². The van der Waals surface area contributed by atoms with Crippen LogP contribution in [0.3, 0.4) is 0 Å². The number of carbonyl (C=O) groups is 1. The van der Waals surface area contributed by atoms with Crippen LogP contribution in [0.1, 0.15) is 0 Å². The third-order valence-electron chi connectivity index (χ3n) is 2.72. The number of rotatable bonds is 5. The fourth-order valence-electron chi connectivity index (χ4n) is 1.56. The van der Waals surface area contributed by atoms with Crippen molar-refractivity contribution in [2.75, 3.05) is 26.2 Å². The molecule has 1 aromatic carbocycles. The van der Waals surface area contributed by atoms with E-state index in [2.05, 4.69) is 10.6 Å². The summed E-state index contributed by atoms with van der Waals surface area (Å²) in [5, 5.41) is 6.75. The van der Waals surface area contributed by atoms with Gasteiger partial charge in [0.1, 0.15) is 0 Å². The Balaban J connectivity index is 1.77. The maximum Gasteiger partial charge on any atom is 0.257 e. The normalized spacial score (nSPS) is 15.0. The quantitative estimate of drug-likeness (QED) is 0.867. The molecule has 0 aromatic heterocycles. The molecule has 2 rings (SSSR count). The number of hydrogen-bond donors (Lipinski definition) is 2. The number of carbonyl (C=O) groups excluding carboxylic acids is 1. The van der Waals surface area contributed by atoms with Crippen LogP contribution >= 0.6 is 23.2 Å². The molecule has 1 saturated heterocycles. The molecule has 1 fully saturated rings.